The van der Waals surface area contributed by atoms with Crippen molar-refractivity contribution in [1.82, 2.24) is 4.98 Å². The number of alkyl halides is 6. The molecule has 0 aliphatic carbocycles. The average Bonchev–Trinajstić information content (AvgIpc) is 2.61. The fourth-order valence-corrected chi connectivity index (χ4v) is 3.07. The summed E-state index contributed by atoms with van der Waals surface area (Å²) < 4.78 is 94.5. The zero-order chi connectivity index (χ0) is 20.7. The molecule has 0 atom stereocenters. The second kappa shape index (κ2) is 6.92. The summed E-state index contributed by atoms with van der Waals surface area (Å²) >= 11 is 0. The van der Waals surface area contributed by atoms with Crippen LogP contribution in [0.1, 0.15) is 16.7 Å². The zero-order valence-corrected chi connectivity index (χ0v) is 14.3. The van der Waals surface area contributed by atoms with Crippen molar-refractivity contribution in [2.45, 2.75) is 19.3 Å². The van der Waals surface area contributed by atoms with Gasteiger partial charge < -0.3 is 0 Å². The van der Waals surface area contributed by atoms with Crippen LogP contribution in [0.15, 0.2) is 54.7 Å². The predicted octanol–water partition coefficient (Wildman–Crippen LogP) is 6.90. The standard InChI is InChI=1S/C20H12F7N/c1-11-14(12-6-2-4-8-15(12)19(22,23)24)10-28-18(21)17(11)13-7-3-5-9-16(13)20(25,26)27/h2-10H,1H3. The fraction of sp³-hybridized carbons (Fsp3) is 0.150. The highest BCUT2D eigenvalue weighted by molar-refractivity contribution is 5.80. The van der Waals surface area contributed by atoms with Gasteiger partial charge in [-0.25, -0.2) is 4.98 Å². The molecule has 0 aliphatic heterocycles. The summed E-state index contributed by atoms with van der Waals surface area (Å²) in [6.45, 7) is 1.27. The minimum atomic E-state index is -4.77. The molecular weight excluding hydrogens is 387 g/mol. The Morgan fingerprint density at radius 1 is 0.679 bits per heavy atom. The largest absolute Gasteiger partial charge is 0.417 e. The molecule has 1 heterocycles. The highest BCUT2D eigenvalue weighted by atomic mass is 19.4. The second-order valence-electron chi connectivity index (χ2n) is 6.05. The lowest BCUT2D eigenvalue weighted by Crippen LogP contribution is -2.10. The normalized spacial score (nSPS) is 12.3. The molecule has 0 radical (unpaired) electrons. The molecule has 0 spiro atoms. The van der Waals surface area contributed by atoms with Crippen molar-refractivity contribution in [1.29, 1.82) is 0 Å². The minimum absolute atomic E-state index is 0.0686. The van der Waals surface area contributed by atoms with Crippen LogP contribution in [0, 0.1) is 12.9 Å². The summed E-state index contributed by atoms with van der Waals surface area (Å²) in [5, 5.41) is 0. The third-order valence-electron chi connectivity index (χ3n) is 4.32. The smallest absolute Gasteiger partial charge is 0.227 e. The summed E-state index contributed by atoms with van der Waals surface area (Å²) in [5.41, 5.74) is -3.50. The molecule has 1 aromatic heterocycles. The summed E-state index contributed by atoms with van der Waals surface area (Å²) in [6.07, 6.45) is -8.56. The first-order valence-electron chi connectivity index (χ1n) is 8.00. The van der Waals surface area contributed by atoms with Crippen LogP contribution in [0.25, 0.3) is 22.3 Å². The van der Waals surface area contributed by atoms with Crippen molar-refractivity contribution >= 4 is 0 Å². The number of rotatable bonds is 2. The van der Waals surface area contributed by atoms with Gasteiger partial charge in [0.2, 0.25) is 5.95 Å². The van der Waals surface area contributed by atoms with E-state index >= 15 is 0 Å². The molecule has 8 heteroatoms. The van der Waals surface area contributed by atoms with E-state index in [0.29, 0.717) is 0 Å². The Bertz CT molecular complexity index is 1020. The van der Waals surface area contributed by atoms with Gasteiger partial charge in [-0.3, -0.25) is 0 Å². The van der Waals surface area contributed by atoms with Gasteiger partial charge in [0.05, 0.1) is 11.1 Å². The molecule has 0 saturated heterocycles. The molecule has 0 unspecified atom stereocenters. The number of halogens is 7. The Balaban J connectivity index is 2.31. The van der Waals surface area contributed by atoms with Crippen molar-refractivity contribution < 1.29 is 30.7 Å². The molecule has 0 amide bonds. The Morgan fingerprint density at radius 3 is 1.68 bits per heavy atom. The molecule has 0 bridgehead atoms. The average molecular weight is 399 g/mol. The van der Waals surface area contributed by atoms with Crippen LogP contribution in [0.5, 0.6) is 0 Å². The maximum Gasteiger partial charge on any atom is 0.417 e. The van der Waals surface area contributed by atoms with Gasteiger partial charge in [-0.05, 0) is 35.7 Å². The first-order valence-corrected chi connectivity index (χ1v) is 8.00. The predicted molar refractivity (Wildman–Crippen MR) is 89.8 cm³/mol. The van der Waals surface area contributed by atoms with E-state index in [9.17, 15) is 30.7 Å². The van der Waals surface area contributed by atoms with E-state index in [-0.39, 0.29) is 16.7 Å². The number of hydrogen-bond acceptors (Lipinski definition) is 1. The van der Waals surface area contributed by atoms with Crippen LogP contribution in [-0.4, -0.2) is 4.98 Å². The quantitative estimate of drug-likeness (QED) is 0.337. The number of benzene rings is 2. The third-order valence-corrected chi connectivity index (χ3v) is 4.32. The SMILES string of the molecule is Cc1c(-c2ccccc2C(F)(F)F)cnc(F)c1-c1ccccc1C(F)(F)F. The first kappa shape index (κ1) is 19.9. The number of aromatic nitrogens is 1. The van der Waals surface area contributed by atoms with Gasteiger partial charge in [0.15, 0.2) is 0 Å². The van der Waals surface area contributed by atoms with Gasteiger partial charge in [0, 0.05) is 17.3 Å². The number of nitrogens with zero attached hydrogens (tertiary/aromatic N) is 1. The van der Waals surface area contributed by atoms with E-state index in [2.05, 4.69) is 4.98 Å². The Kier molecular flexibility index (Phi) is 4.91. The van der Waals surface area contributed by atoms with Gasteiger partial charge >= 0.3 is 12.4 Å². The van der Waals surface area contributed by atoms with E-state index in [0.717, 1.165) is 30.5 Å². The molecule has 3 rings (SSSR count). The van der Waals surface area contributed by atoms with Gasteiger partial charge in [-0.1, -0.05) is 36.4 Å². The summed E-state index contributed by atoms with van der Waals surface area (Å²) in [6, 6.07) is 8.86. The van der Waals surface area contributed by atoms with Crippen molar-refractivity contribution in [3.8, 4) is 22.3 Å². The lowest BCUT2D eigenvalue weighted by Gasteiger charge is -2.18. The Hall–Kier alpha value is -2.90. The van der Waals surface area contributed by atoms with Crippen LogP contribution < -0.4 is 0 Å². The fourth-order valence-electron chi connectivity index (χ4n) is 3.07. The summed E-state index contributed by atoms with van der Waals surface area (Å²) in [4.78, 5) is 3.44. The van der Waals surface area contributed by atoms with E-state index < -0.39 is 40.6 Å². The van der Waals surface area contributed by atoms with Crippen LogP contribution in [0.3, 0.4) is 0 Å². The van der Waals surface area contributed by atoms with E-state index in [1.807, 2.05) is 0 Å². The van der Waals surface area contributed by atoms with Crippen LogP contribution in [-0.2, 0) is 12.4 Å². The summed E-state index contributed by atoms with van der Waals surface area (Å²) in [5.74, 6) is -1.19. The van der Waals surface area contributed by atoms with Gasteiger partial charge in [0.25, 0.3) is 0 Å². The minimum Gasteiger partial charge on any atom is -0.227 e. The van der Waals surface area contributed by atoms with Crippen molar-refractivity contribution in [2.24, 2.45) is 0 Å². The summed E-state index contributed by atoms with van der Waals surface area (Å²) in [7, 11) is 0. The molecule has 0 N–H and O–H groups in total. The number of pyridine rings is 1. The van der Waals surface area contributed by atoms with Crippen molar-refractivity contribution in [2.75, 3.05) is 0 Å². The van der Waals surface area contributed by atoms with Crippen molar-refractivity contribution in [3.05, 3.63) is 77.4 Å². The molecule has 0 aliphatic rings. The van der Waals surface area contributed by atoms with E-state index in [1.54, 1.807) is 0 Å². The topological polar surface area (TPSA) is 12.9 Å². The Morgan fingerprint density at radius 2 is 1.14 bits per heavy atom. The zero-order valence-electron chi connectivity index (χ0n) is 14.3. The van der Waals surface area contributed by atoms with Gasteiger partial charge in [0.1, 0.15) is 0 Å². The van der Waals surface area contributed by atoms with Crippen molar-refractivity contribution in [3.63, 3.8) is 0 Å². The van der Waals surface area contributed by atoms with E-state index in [4.69, 9.17) is 0 Å². The maximum atomic E-state index is 14.4. The lowest BCUT2D eigenvalue weighted by molar-refractivity contribution is -0.137. The van der Waals surface area contributed by atoms with Gasteiger partial charge in [-0.15, -0.1) is 0 Å². The van der Waals surface area contributed by atoms with E-state index in [1.165, 1.54) is 31.2 Å². The molecule has 0 saturated carbocycles. The van der Waals surface area contributed by atoms with Crippen LogP contribution in [0.2, 0.25) is 0 Å². The Labute approximate surface area is 155 Å². The van der Waals surface area contributed by atoms with Crippen LogP contribution >= 0.6 is 0 Å². The molecule has 0 fully saturated rings. The molecule has 2 aromatic carbocycles. The lowest BCUT2D eigenvalue weighted by atomic mass is 9.90. The van der Waals surface area contributed by atoms with Crippen LogP contribution in [0.4, 0.5) is 30.7 Å². The molecule has 146 valence electrons. The maximum absolute atomic E-state index is 14.4. The molecule has 28 heavy (non-hydrogen) atoms. The number of hydrogen-bond donors (Lipinski definition) is 0. The second-order valence-corrected chi connectivity index (χ2v) is 6.05. The first-order chi connectivity index (χ1) is 13.0. The monoisotopic (exact) mass is 399 g/mol. The molecular formula is C20H12F7N. The molecule has 1 nitrogen and oxygen atoms in total. The third kappa shape index (κ3) is 3.58. The highest BCUT2D eigenvalue weighted by Gasteiger charge is 2.36. The van der Waals surface area contributed by atoms with Gasteiger partial charge in [-0.2, -0.15) is 30.7 Å². The molecule has 3 aromatic rings. The highest BCUT2D eigenvalue weighted by Crippen LogP contribution is 2.43.